The summed E-state index contributed by atoms with van der Waals surface area (Å²) in [6, 6.07) is 0. The minimum Gasteiger partial charge on any atom is -0.393 e. The Kier molecular flexibility index (Phi) is 3.89. The van der Waals surface area contributed by atoms with Crippen LogP contribution in [0.5, 0.6) is 0 Å². The minimum atomic E-state index is -4.54. The van der Waals surface area contributed by atoms with Crippen molar-refractivity contribution in [3.05, 3.63) is 0 Å². The maximum atomic E-state index is 13.7. The highest BCUT2D eigenvalue weighted by Gasteiger charge is 2.72. The fraction of sp³-hybridized carbons (Fsp3) is 1.00. The Hall–Kier alpha value is -0.290. The van der Waals surface area contributed by atoms with E-state index in [1.807, 2.05) is 0 Å². The average molecular weight is 360 g/mol. The molecule has 4 aliphatic carbocycles. The summed E-state index contributed by atoms with van der Waals surface area (Å²) in [4.78, 5) is 0. The monoisotopic (exact) mass is 360 g/mol. The summed E-state index contributed by atoms with van der Waals surface area (Å²) in [5.41, 5.74) is -3.40. The quantitative estimate of drug-likeness (QED) is 0.658. The van der Waals surface area contributed by atoms with Crippen LogP contribution in [-0.4, -0.2) is 28.1 Å². The second-order valence-corrected chi connectivity index (χ2v) is 9.94. The molecule has 0 aliphatic heterocycles. The molecule has 2 nitrogen and oxygen atoms in total. The van der Waals surface area contributed by atoms with Crippen LogP contribution < -0.4 is 0 Å². The summed E-state index contributed by atoms with van der Waals surface area (Å²) in [6.07, 6.45) is 1.53. The number of hydrogen-bond donors (Lipinski definition) is 2. The highest BCUT2D eigenvalue weighted by atomic mass is 19.4. The normalized spacial score (nSPS) is 56.0. The van der Waals surface area contributed by atoms with Gasteiger partial charge in [-0.3, -0.25) is 0 Å². The molecule has 0 aromatic rings. The Bertz CT molecular complexity index is 550. The third-order valence-electron chi connectivity index (χ3n) is 9.26. The number of fused-ring (bicyclic) bond motifs is 5. The molecule has 1 unspecified atom stereocenters. The Labute approximate surface area is 148 Å². The zero-order chi connectivity index (χ0) is 18.3. The number of aliphatic hydroxyl groups is 2. The first kappa shape index (κ1) is 18.1. The van der Waals surface area contributed by atoms with E-state index >= 15 is 0 Å². The molecule has 0 radical (unpaired) electrons. The molecule has 0 bridgehead atoms. The maximum absolute atomic E-state index is 13.7. The van der Waals surface area contributed by atoms with Crippen LogP contribution in [0, 0.1) is 34.5 Å². The van der Waals surface area contributed by atoms with Gasteiger partial charge in [0.25, 0.3) is 0 Å². The van der Waals surface area contributed by atoms with Crippen molar-refractivity contribution in [1.29, 1.82) is 0 Å². The average Bonchev–Trinajstić information content (AvgIpc) is 2.81. The Balaban J connectivity index is 1.65. The molecule has 4 aliphatic rings. The fourth-order valence-electron chi connectivity index (χ4n) is 7.72. The van der Waals surface area contributed by atoms with Crippen molar-refractivity contribution in [3.63, 3.8) is 0 Å². The molecular weight excluding hydrogens is 329 g/mol. The van der Waals surface area contributed by atoms with Gasteiger partial charge in [-0.15, -0.1) is 0 Å². The van der Waals surface area contributed by atoms with Gasteiger partial charge < -0.3 is 10.2 Å². The van der Waals surface area contributed by atoms with E-state index in [1.165, 1.54) is 0 Å². The van der Waals surface area contributed by atoms with E-state index in [-0.39, 0.29) is 23.9 Å². The van der Waals surface area contributed by atoms with Gasteiger partial charge in [-0.05, 0) is 86.9 Å². The summed E-state index contributed by atoms with van der Waals surface area (Å²) < 4.78 is 41.1. The third-order valence-corrected chi connectivity index (χ3v) is 9.26. The lowest BCUT2D eigenvalue weighted by Crippen LogP contribution is -2.60. The molecule has 5 heteroatoms. The number of rotatable bonds is 0. The van der Waals surface area contributed by atoms with Crippen LogP contribution in [0.25, 0.3) is 0 Å². The van der Waals surface area contributed by atoms with Crippen LogP contribution in [0.3, 0.4) is 0 Å². The minimum absolute atomic E-state index is 0.0255. The fourth-order valence-corrected chi connectivity index (χ4v) is 7.72. The van der Waals surface area contributed by atoms with E-state index in [0.29, 0.717) is 30.6 Å². The standard InChI is InChI=1S/C20H31F3O2/c1-17-8-5-13(24)11-12(17)3-4-14-15(17)6-9-18(2)16(14)7-10-19(18,25)20(21,22)23/h12-16,24-25H,3-11H2,1-2H3/t12?,13-,14-,15+,16+,17+,18+,19+/m1/s1. The molecule has 0 saturated heterocycles. The first-order valence-corrected chi connectivity index (χ1v) is 10.00. The number of hydrogen-bond acceptors (Lipinski definition) is 2. The molecule has 0 amide bonds. The lowest BCUT2D eigenvalue weighted by Gasteiger charge is -2.61. The molecule has 4 rings (SSSR count). The summed E-state index contributed by atoms with van der Waals surface area (Å²) in [7, 11) is 0. The van der Waals surface area contributed by atoms with Crippen molar-refractivity contribution in [2.24, 2.45) is 34.5 Å². The molecule has 0 aromatic carbocycles. The second-order valence-electron chi connectivity index (χ2n) is 9.94. The molecule has 8 atom stereocenters. The summed E-state index contributed by atoms with van der Waals surface area (Å²) in [5.74, 6) is 1.23. The van der Waals surface area contributed by atoms with E-state index in [2.05, 4.69) is 6.92 Å². The second kappa shape index (κ2) is 5.37. The molecule has 25 heavy (non-hydrogen) atoms. The van der Waals surface area contributed by atoms with Crippen molar-refractivity contribution >= 4 is 0 Å². The van der Waals surface area contributed by atoms with Crippen LogP contribution in [0.4, 0.5) is 13.2 Å². The van der Waals surface area contributed by atoms with Gasteiger partial charge in [0.15, 0.2) is 5.60 Å². The van der Waals surface area contributed by atoms with E-state index in [4.69, 9.17) is 0 Å². The SMILES string of the molecule is C[C@]12CC[C@@H](O)CC1CC[C@@H]1[C@@H]2CC[C@@]2(C)[C@H]1CC[C@@]2(O)C(F)(F)F. The van der Waals surface area contributed by atoms with Gasteiger partial charge in [0.05, 0.1) is 6.10 Å². The van der Waals surface area contributed by atoms with E-state index in [0.717, 1.165) is 38.5 Å². The van der Waals surface area contributed by atoms with Crippen LogP contribution >= 0.6 is 0 Å². The molecule has 4 fully saturated rings. The molecule has 0 aromatic heterocycles. The van der Waals surface area contributed by atoms with Crippen molar-refractivity contribution in [2.45, 2.75) is 89.5 Å². The van der Waals surface area contributed by atoms with E-state index < -0.39 is 17.2 Å². The van der Waals surface area contributed by atoms with Crippen molar-refractivity contribution in [3.8, 4) is 0 Å². The van der Waals surface area contributed by atoms with Gasteiger partial charge in [0.2, 0.25) is 0 Å². The molecular formula is C20H31F3O2. The predicted molar refractivity (Wildman–Crippen MR) is 88.7 cm³/mol. The number of alkyl halides is 3. The smallest absolute Gasteiger partial charge is 0.393 e. The largest absolute Gasteiger partial charge is 0.417 e. The van der Waals surface area contributed by atoms with E-state index in [9.17, 15) is 23.4 Å². The molecule has 0 heterocycles. The van der Waals surface area contributed by atoms with Gasteiger partial charge in [0.1, 0.15) is 0 Å². The Morgan fingerprint density at radius 3 is 2.24 bits per heavy atom. The zero-order valence-electron chi connectivity index (χ0n) is 15.3. The first-order valence-electron chi connectivity index (χ1n) is 10.00. The van der Waals surface area contributed by atoms with Crippen LogP contribution in [0.15, 0.2) is 0 Å². The summed E-state index contributed by atoms with van der Waals surface area (Å²) in [6.45, 7) is 4.03. The molecule has 144 valence electrons. The summed E-state index contributed by atoms with van der Waals surface area (Å²) in [5, 5.41) is 20.7. The summed E-state index contributed by atoms with van der Waals surface area (Å²) >= 11 is 0. The molecule has 2 N–H and O–H groups in total. The van der Waals surface area contributed by atoms with Gasteiger partial charge in [-0.25, -0.2) is 0 Å². The Morgan fingerprint density at radius 2 is 1.56 bits per heavy atom. The van der Waals surface area contributed by atoms with Crippen molar-refractivity contribution < 1.29 is 23.4 Å². The highest BCUT2D eigenvalue weighted by molar-refractivity contribution is 5.16. The lowest BCUT2D eigenvalue weighted by molar-refractivity contribution is -0.304. The first-order chi connectivity index (χ1) is 11.5. The topological polar surface area (TPSA) is 40.5 Å². The van der Waals surface area contributed by atoms with E-state index in [1.54, 1.807) is 6.92 Å². The highest BCUT2D eigenvalue weighted by Crippen LogP contribution is 2.70. The number of halogens is 3. The zero-order valence-corrected chi connectivity index (χ0v) is 15.3. The Morgan fingerprint density at radius 1 is 0.880 bits per heavy atom. The van der Waals surface area contributed by atoms with Crippen molar-refractivity contribution in [1.82, 2.24) is 0 Å². The van der Waals surface area contributed by atoms with Crippen molar-refractivity contribution in [2.75, 3.05) is 0 Å². The lowest BCUT2D eigenvalue weighted by atomic mass is 9.44. The van der Waals surface area contributed by atoms with Gasteiger partial charge >= 0.3 is 6.18 Å². The predicted octanol–water partition coefficient (Wildman–Crippen LogP) is 4.68. The van der Waals surface area contributed by atoms with Gasteiger partial charge in [-0.1, -0.05) is 13.8 Å². The van der Waals surface area contributed by atoms with Gasteiger partial charge in [0, 0.05) is 5.41 Å². The molecule has 4 saturated carbocycles. The van der Waals surface area contributed by atoms with Crippen LogP contribution in [0.1, 0.15) is 71.6 Å². The van der Waals surface area contributed by atoms with Crippen LogP contribution in [-0.2, 0) is 0 Å². The number of aliphatic hydroxyl groups excluding tert-OH is 1. The molecule has 0 spiro atoms. The van der Waals surface area contributed by atoms with Gasteiger partial charge in [-0.2, -0.15) is 13.2 Å². The third kappa shape index (κ3) is 2.24. The maximum Gasteiger partial charge on any atom is 0.417 e. The van der Waals surface area contributed by atoms with Crippen LogP contribution in [0.2, 0.25) is 0 Å².